The summed E-state index contributed by atoms with van der Waals surface area (Å²) in [6.07, 6.45) is 0.441. The van der Waals surface area contributed by atoms with Crippen molar-refractivity contribution in [3.05, 3.63) is 59.7 Å². The predicted octanol–water partition coefficient (Wildman–Crippen LogP) is 2.52. The number of amides is 4. The number of benzene rings is 2. The zero-order valence-electron chi connectivity index (χ0n) is 17.5. The molecule has 1 unspecified atom stereocenters. The summed E-state index contributed by atoms with van der Waals surface area (Å²) >= 11 is 0. The molecule has 0 bridgehead atoms. The van der Waals surface area contributed by atoms with Gasteiger partial charge in [-0.1, -0.05) is 50.2 Å². The molecule has 1 fully saturated rings. The van der Waals surface area contributed by atoms with Crippen molar-refractivity contribution in [1.29, 1.82) is 0 Å². The highest BCUT2D eigenvalue weighted by molar-refractivity contribution is 6.09. The summed E-state index contributed by atoms with van der Waals surface area (Å²) in [6.45, 7) is 4.06. The average Bonchev–Trinajstić information content (AvgIpc) is 3.31. The third-order valence-electron chi connectivity index (χ3n) is 5.39. The lowest BCUT2D eigenvalue weighted by Gasteiger charge is -2.29. The summed E-state index contributed by atoms with van der Waals surface area (Å²) in [5.74, 6) is 0.619. The number of nitrogens with one attached hydrogen (secondary N) is 2. The SMILES string of the molecule is CC(C)CC1(c2ccccc2)NC(=O)N(CC(=O)NCc2ccc3c(c2)OCO3)C1=O. The molecule has 0 spiro atoms. The van der Waals surface area contributed by atoms with Gasteiger partial charge in [-0.2, -0.15) is 0 Å². The van der Waals surface area contributed by atoms with Crippen molar-refractivity contribution in [2.24, 2.45) is 5.92 Å². The molecule has 2 aliphatic rings. The number of rotatable bonds is 7. The van der Waals surface area contributed by atoms with Crippen LogP contribution in [0.2, 0.25) is 0 Å². The largest absolute Gasteiger partial charge is 0.454 e. The van der Waals surface area contributed by atoms with Crippen LogP contribution in [0.3, 0.4) is 0 Å². The van der Waals surface area contributed by atoms with E-state index < -0.39 is 23.4 Å². The minimum Gasteiger partial charge on any atom is -0.454 e. The lowest BCUT2D eigenvalue weighted by atomic mass is 9.82. The van der Waals surface area contributed by atoms with E-state index in [4.69, 9.17) is 9.47 Å². The molecule has 4 rings (SSSR count). The molecule has 162 valence electrons. The minimum atomic E-state index is -1.16. The van der Waals surface area contributed by atoms with Gasteiger partial charge in [0.25, 0.3) is 5.91 Å². The maximum Gasteiger partial charge on any atom is 0.325 e. The van der Waals surface area contributed by atoms with Crippen LogP contribution in [0, 0.1) is 5.92 Å². The quantitative estimate of drug-likeness (QED) is 0.667. The van der Waals surface area contributed by atoms with Crippen molar-refractivity contribution in [3.8, 4) is 11.5 Å². The van der Waals surface area contributed by atoms with Crippen LogP contribution < -0.4 is 20.1 Å². The van der Waals surface area contributed by atoms with E-state index in [0.717, 1.165) is 10.5 Å². The highest BCUT2D eigenvalue weighted by Gasteiger charge is 2.52. The normalized spacial score (nSPS) is 19.6. The van der Waals surface area contributed by atoms with Gasteiger partial charge in [-0.15, -0.1) is 0 Å². The molecule has 4 amide bonds. The fraction of sp³-hybridized carbons (Fsp3) is 0.348. The van der Waals surface area contributed by atoms with E-state index in [1.807, 2.05) is 50.2 Å². The van der Waals surface area contributed by atoms with Gasteiger partial charge < -0.3 is 20.1 Å². The predicted molar refractivity (Wildman–Crippen MR) is 112 cm³/mol. The molecule has 2 aliphatic heterocycles. The number of hydrogen-bond donors (Lipinski definition) is 2. The molecular formula is C23H25N3O5. The van der Waals surface area contributed by atoms with Crippen molar-refractivity contribution in [2.45, 2.75) is 32.4 Å². The van der Waals surface area contributed by atoms with Gasteiger partial charge in [0.1, 0.15) is 12.1 Å². The Morgan fingerprint density at radius 1 is 1.13 bits per heavy atom. The van der Waals surface area contributed by atoms with E-state index in [9.17, 15) is 14.4 Å². The van der Waals surface area contributed by atoms with Crippen molar-refractivity contribution in [1.82, 2.24) is 15.5 Å². The average molecular weight is 423 g/mol. The first-order valence-electron chi connectivity index (χ1n) is 10.2. The second-order valence-corrected chi connectivity index (χ2v) is 8.16. The Morgan fingerprint density at radius 2 is 1.87 bits per heavy atom. The molecule has 31 heavy (non-hydrogen) atoms. The first-order valence-corrected chi connectivity index (χ1v) is 10.2. The van der Waals surface area contributed by atoms with Gasteiger partial charge in [-0.25, -0.2) is 4.79 Å². The summed E-state index contributed by atoms with van der Waals surface area (Å²) < 4.78 is 10.6. The second-order valence-electron chi connectivity index (χ2n) is 8.16. The second kappa shape index (κ2) is 8.29. The lowest BCUT2D eigenvalue weighted by Crippen LogP contribution is -2.46. The Bertz CT molecular complexity index is 1010. The van der Waals surface area contributed by atoms with Gasteiger partial charge in [0, 0.05) is 6.54 Å². The first kappa shape index (κ1) is 20.7. The Balaban J connectivity index is 1.45. The van der Waals surface area contributed by atoms with Crippen molar-refractivity contribution >= 4 is 17.8 Å². The smallest absolute Gasteiger partial charge is 0.325 e. The Kier molecular flexibility index (Phi) is 5.54. The molecule has 2 aromatic carbocycles. The Morgan fingerprint density at radius 3 is 2.61 bits per heavy atom. The van der Waals surface area contributed by atoms with Gasteiger partial charge in [0.05, 0.1) is 0 Å². The third kappa shape index (κ3) is 4.05. The standard InChI is InChI=1S/C23H25N3O5/c1-15(2)11-23(17-6-4-3-5-7-17)21(28)26(22(29)25-23)13-20(27)24-12-16-8-9-18-19(10-16)31-14-30-18/h3-10,15H,11-14H2,1-2H3,(H,24,27)(H,25,29). The molecule has 8 nitrogen and oxygen atoms in total. The van der Waals surface area contributed by atoms with Crippen LogP contribution in [-0.4, -0.2) is 36.1 Å². The van der Waals surface area contributed by atoms with Gasteiger partial charge >= 0.3 is 6.03 Å². The van der Waals surface area contributed by atoms with Gasteiger partial charge in [0.2, 0.25) is 12.7 Å². The zero-order valence-corrected chi connectivity index (χ0v) is 17.5. The molecule has 0 radical (unpaired) electrons. The third-order valence-corrected chi connectivity index (χ3v) is 5.39. The minimum absolute atomic E-state index is 0.157. The van der Waals surface area contributed by atoms with E-state index in [1.54, 1.807) is 12.1 Å². The molecular weight excluding hydrogens is 398 g/mol. The van der Waals surface area contributed by atoms with Crippen LogP contribution in [0.5, 0.6) is 11.5 Å². The topological polar surface area (TPSA) is 97.0 Å². The number of carbonyl (C=O) groups excluding carboxylic acids is 3. The van der Waals surface area contributed by atoms with Crippen LogP contribution in [0.15, 0.2) is 48.5 Å². The molecule has 2 N–H and O–H groups in total. The van der Waals surface area contributed by atoms with E-state index in [-0.39, 0.29) is 25.8 Å². The van der Waals surface area contributed by atoms with Gasteiger partial charge in [-0.05, 0) is 35.6 Å². The Hall–Kier alpha value is -3.55. The van der Waals surface area contributed by atoms with Crippen molar-refractivity contribution < 1.29 is 23.9 Å². The molecule has 1 atom stereocenters. The summed E-state index contributed by atoms with van der Waals surface area (Å²) in [7, 11) is 0. The molecule has 0 aromatic heterocycles. The first-order chi connectivity index (χ1) is 14.9. The molecule has 0 aliphatic carbocycles. The monoisotopic (exact) mass is 423 g/mol. The number of carbonyl (C=O) groups is 3. The summed E-state index contributed by atoms with van der Waals surface area (Å²) in [6, 6.07) is 14.0. The van der Waals surface area contributed by atoms with Crippen molar-refractivity contribution in [2.75, 3.05) is 13.3 Å². The lowest BCUT2D eigenvalue weighted by molar-refractivity contribution is -0.135. The fourth-order valence-electron chi connectivity index (χ4n) is 4.01. The number of hydrogen-bond acceptors (Lipinski definition) is 5. The molecule has 2 heterocycles. The van der Waals surface area contributed by atoms with E-state index in [2.05, 4.69) is 10.6 Å². The number of urea groups is 1. The van der Waals surface area contributed by atoms with Gasteiger partial charge in [-0.3, -0.25) is 14.5 Å². The maximum absolute atomic E-state index is 13.3. The maximum atomic E-state index is 13.3. The number of nitrogens with zero attached hydrogens (tertiary/aromatic N) is 1. The van der Waals surface area contributed by atoms with Gasteiger partial charge in [0.15, 0.2) is 11.5 Å². The number of imide groups is 1. The number of fused-ring (bicyclic) bond motifs is 1. The highest BCUT2D eigenvalue weighted by atomic mass is 16.7. The van der Waals surface area contributed by atoms with Crippen LogP contribution in [0.1, 0.15) is 31.4 Å². The van der Waals surface area contributed by atoms with Crippen LogP contribution in [0.4, 0.5) is 4.79 Å². The molecule has 8 heteroatoms. The van der Waals surface area contributed by atoms with E-state index >= 15 is 0 Å². The fourth-order valence-corrected chi connectivity index (χ4v) is 4.01. The molecule has 0 saturated carbocycles. The number of ether oxygens (including phenoxy) is 2. The molecule has 1 saturated heterocycles. The summed E-state index contributed by atoms with van der Waals surface area (Å²) in [5.41, 5.74) is 0.378. The summed E-state index contributed by atoms with van der Waals surface area (Å²) in [4.78, 5) is 39.5. The Labute approximate surface area is 180 Å². The summed E-state index contributed by atoms with van der Waals surface area (Å²) in [5, 5.41) is 5.61. The molecule has 2 aromatic rings. The van der Waals surface area contributed by atoms with Crippen LogP contribution in [0.25, 0.3) is 0 Å². The zero-order chi connectivity index (χ0) is 22.0. The van der Waals surface area contributed by atoms with Crippen LogP contribution in [-0.2, 0) is 21.7 Å². The van der Waals surface area contributed by atoms with Crippen LogP contribution >= 0.6 is 0 Å². The van der Waals surface area contributed by atoms with E-state index in [0.29, 0.717) is 23.5 Å². The highest BCUT2D eigenvalue weighted by Crippen LogP contribution is 2.35. The van der Waals surface area contributed by atoms with Crippen molar-refractivity contribution in [3.63, 3.8) is 0 Å². The van der Waals surface area contributed by atoms with E-state index in [1.165, 1.54) is 0 Å².